The number of hydrogen-bond acceptors (Lipinski definition) is 5. The molecule has 1 saturated carbocycles. The average Bonchev–Trinajstić information content (AvgIpc) is 3.33. The fourth-order valence-electron chi connectivity index (χ4n) is 2.27. The maximum absolute atomic E-state index is 11.8. The highest BCUT2D eigenvalue weighted by atomic mass is 32.2. The normalized spacial score (nSPS) is 13.8. The number of ether oxygens (including phenoxy) is 1. The largest absolute Gasteiger partial charge is 0.496 e. The number of carbonyl (C=O) groups excluding carboxylic acids is 1. The molecule has 1 aromatic heterocycles. The first-order valence-electron chi connectivity index (χ1n) is 7.61. The summed E-state index contributed by atoms with van der Waals surface area (Å²) in [5.74, 6) is 2.56. The minimum Gasteiger partial charge on any atom is -0.496 e. The predicted octanol–water partition coefficient (Wildman–Crippen LogP) is 2.11. The maximum Gasteiger partial charge on any atom is 0.230 e. The van der Waals surface area contributed by atoms with Crippen LogP contribution in [0, 0.1) is 5.92 Å². The molecule has 6 nitrogen and oxygen atoms in total. The molecule has 1 aromatic carbocycles. The average molecular weight is 332 g/mol. The number of rotatable bonds is 7. The van der Waals surface area contributed by atoms with Crippen molar-refractivity contribution >= 4 is 17.7 Å². The van der Waals surface area contributed by atoms with Crippen LogP contribution in [0.1, 0.15) is 12.8 Å². The lowest BCUT2D eigenvalue weighted by molar-refractivity contribution is -0.118. The second-order valence-electron chi connectivity index (χ2n) is 5.60. The molecule has 1 aliphatic carbocycles. The smallest absolute Gasteiger partial charge is 0.230 e. The number of thioether (sulfide) groups is 1. The van der Waals surface area contributed by atoms with Crippen LogP contribution in [0.25, 0.3) is 11.4 Å². The Balaban J connectivity index is 1.65. The van der Waals surface area contributed by atoms with Crippen LogP contribution in [0.4, 0.5) is 0 Å². The summed E-state index contributed by atoms with van der Waals surface area (Å²) < 4.78 is 7.26. The van der Waals surface area contributed by atoms with E-state index >= 15 is 0 Å². The van der Waals surface area contributed by atoms with Crippen molar-refractivity contribution < 1.29 is 9.53 Å². The molecule has 0 bridgehead atoms. The van der Waals surface area contributed by atoms with Gasteiger partial charge in [-0.05, 0) is 30.9 Å². The standard InChI is InChI=1S/C16H20N4O2S/c1-20-15(12-5-3-4-6-13(12)22-2)18-19-16(20)23-10-14(21)17-9-11-7-8-11/h3-6,11H,7-10H2,1-2H3,(H,17,21). The Morgan fingerprint density at radius 2 is 2.17 bits per heavy atom. The van der Waals surface area contributed by atoms with Crippen molar-refractivity contribution in [1.82, 2.24) is 20.1 Å². The van der Waals surface area contributed by atoms with E-state index in [2.05, 4.69) is 15.5 Å². The number of methoxy groups -OCH3 is 1. The fourth-order valence-corrected chi connectivity index (χ4v) is 3.01. The van der Waals surface area contributed by atoms with Gasteiger partial charge in [-0.3, -0.25) is 4.79 Å². The lowest BCUT2D eigenvalue weighted by Crippen LogP contribution is -2.27. The Labute approximate surface area is 139 Å². The van der Waals surface area contributed by atoms with Gasteiger partial charge in [0.25, 0.3) is 0 Å². The van der Waals surface area contributed by atoms with Crippen molar-refractivity contribution in [2.24, 2.45) is 13.0 Å². The fraction of sp³-hybridized carbons (Fsp3) is 0.438. The summed E-state index contributed by atoms with van der Waals surface area (Å²) in [6, 6.07) is 7.69. The predicted molar refractivity (Wildman–Crippen MR) is 89.4 cm³/mol. The molecule has 1 N–H and O–H groups in total. The first-order chi connectivity index (χ1) is 11.2. The molecule has 1 heterocycles. The Hall–Kier alpha value is -2.02. The topological polar surface area (TPSA) is 69.0 Å². The van der Waals surface area contributed by atoms with Gasteiger partial charge in [0.2, 0.25) is 5.91 Å². The molecule has 0 radical (unpaired) electrons. The van der Waals surface area contributed by atoms with Gasteiger partial charge in [0.1, 0.15) is 5.75 Å². The quantitative estimate of drug-likeness (QED) is 0.787. The molecule has 1 aliphatic rings. The molecular formula is C16H20N4O2S. The number of nitrogens with zero attached hydrogens (tertiary/aromatic N) is 3. The zero-order valence-corrected chi connectivity index (χ0v) is 14.1. The van der Waals surface area contributed by atoms with Crippen molar-refractivity contribution in [1.29, 1.82) is 0 Å². The summed E-state index contributed by atoms with van der Waals surface area (Å²) in [6.07, 6.45) is 2.47. The number of amides is 1. The molecule has 0 aliphatic heterocycles. The van der Waals surface area contributed by atoms with Gasteiger partial charge in [-0.15, -0.1) is 10.2 Å². The summed E-state index contributed by atoms with van der Waals surface area (Å²) in [4.78, 5) is 11.8. The molecule has 1 fully saturated rings. The third-order valence-electron chi connectivity index (χ3n) is 3.80. The molecule has 0 atom stereocenters. The first kappa shape index (κ1) is 15.9. The molecular weight excluding hydrogens is 312 g/mol. The van der Waals surface area contributed by atoms with Crippen molar-refractivity contribution in [3.05, 3.63) is 24.3 Å². The molecule has 3 rings (SSSR count). The van der Waals surface area contributed by atoms with E-state index in [1.807, 2.05) is 35.9 Å². The van der Waals surface area contributed by atoms with E-state index in [0.717, 1.165) is 23.7 Å². The van der Waals surface area contributed by atoms with Crippen LogP contribution < -0.4 is 10.1 Å². The number of carbonyl (C=O) groups is 1. The van der Waals surface area contributed by atoms with Gasteiger partial charge in [0.15, 0.2) is 11.0 Å². The molecule has 0 spiro atoms. The number of nitrogens with one attached hydrogen (secondary N) is 1. The minimum absolute atomic E-state index is 0.0451. The molecule has 1 amide bonds. The number of aromatic nitrogens is 3. The zero-order chi connectivity index (χ0) is 16.2. The maximum atomic E-state index is 11.8. The van der Waals surface area contributed by atoms with E-state index in [9.17, 15) is 4.79 Å². The Morgan fingerprint density at radius 1 is 1.39 bits per heavy atom. The number of benzene rings is 1. The van der Waals surface area contributed by atoms with Crippen LogP contribution in [0.5, 0.6) is 5.75 Å². The van der Waals surface area contributed by atoms with Crippen LogP contribution in [-0.4, -0.2) is 40.1 Å². The third kappa shape index (κ3) is 3.85. The number of para-hydroxylation sites is 1. The summed E-state index contributed by atoms with van der Waals surface area (Å²) >= 11 is 1.39. The van der Waals surface area contributed by atoms with Crippen molar-refractivity contribution in [3.8, 4) is 17.1 Å². The molecule has 0 unspecified atom stereocenters. The summed E-state index contributed by atoms with van der Waals surface area (Å²) in [6.45, 7) is 0.796. The van der Waals surface area contributed by atoms with Gasteiger partial charge in [-0.2, -0.15) is 0 Å². The van der Waals surface area contributed by atoms with E-state index in [0.29, 0.717) is 16.8 Å². The van der Waals surface area contributed by atoms with Crippen molar-refractivity contribution in [2.75, 3.05) is 19.4 Å². The molecule has 2 aromatic rings. The Morgan fingerprint density at radius 3 is 2.91 bits per heavy atom. The van der Waals surface area contributed by atoms with E-state index < -0.39 is 0 Å². The van der Waals surface area contributed by atoms with Crippen molar-refractivity contribution in [2.45, 2.75) is 18.0 Å². The second-order valence-corrected chi connectivity index (χ2v) is 6.54. The zero-order valence-electron chi connectivity index (χ0n) is 13.3. The SMILES string of the molecule is COc1ccccc1-c1nnc(SCC(=O)NCC2CC2)n1C. The van der Waals surface area contributed by atoms with E-state index in [1.165, 1.54) is 24.6 Å². The van der Waals surface area contributed by atoms with Crippen LogP contribution in [0.3, 0.4) is 0 Å². The summed E-state index contributed by atoms with van der Waals surface area (Å²) in [5.41, 5.74) is 0.884. The van der Waals surface area contributed by atoms with Gasteiger partial charge in [-0.25, -0.2) is 0 Å². The molecule has 23 heavy (non-hydrogen) atoms. The van der Waals surface area contributed by atoms with Gasteiger partial charge in [0, 0.05) is 13.6 Å². The van der Waals surface area contributed by atoms with E-state index in [4.69, 9.17) is 4.74 Å². The first-order valence-corrected chi connectivity index (χ1v) is 8.60. The van der Waals surface area contributed by atoms with Crippen molar-refractivity contribution in [3.63, 3.8) is 0 Å². The third-order valence-corrected chi connectivity index (χ3v) is 4.82. The van der Waals surface area contributed by atoms with Gasteiger partial charge in [-0.1, -0.05) is 23.9 Å². The highest BCUT2D eigenvalue weighted by Crippen LogP contribution is 2.30. The second kappa shape index (κ2) is 7.04. The molecule has 7 heteroatoms. The number of hydrogen-bond donors (Lipinski definition) is 1. The van der Waals surface area contributed by atoms with Crippen LogP contribution in [0.2, 0.25) is 0 Å². The molecule has 122 valence electrons. The molecule has 0 saturated heterocycles. The van der Waals surface area contributed by atoms with Crippen LogP contribution >= 0.6 is 11.8 Å². The van der Waals surface area contributed by atoms with E-state index in [-0.39, 0.29) is 5.91 Å². The van der Waals surface area contributed by atoms with Gasteiger partial charge < -0.3 is 14.6 Å². The Bertz CT molecular complexity index is 697. The van der Waals surface area contributed by atoms with Gasteiger partial charge in [0.05, 0.1) is 18.4 Å². The summed E-state index contributed by atoms with van der Waals surface area (Å²) in [7, 11) is 3.53. The highest BCUT2D eigenvalue weighted by molar-refractivity contribution is 7.99. The van der Waals surface area contributed by atoms with Gasteiger partial charge >= 0.3 is 0 Å². The monoisotopic (exact) mass is 332 g/mol. The lowest BCUT2D eigenvalue weighted by Gasteiger charge is -2.08. The Kier molecular flexibility index (Phi) is 4.85. The summed E-state index contributed by atoms with van der Waals surface area (Å²) in [5, 5.41) is 12.1. The lowest BCUT2D eigenvalue weighted by atomic mass is 10.2. The van der Waals surface area contributed by atoms with E-state index in [1.54, 1.807) is 7.11 Å². The highest BCUT2D eigenvalue weighted by Gasteiger charge is 2.22. The van der Waals surface area contributed by atoms with Crippen LogP contribution in [-0.2, 0) is 11.8 Å². The minimum atomic E-state index is 0.0451. The van der Waals surface area contributed by atoms with Crippen LogP contribution in [0.15, 0.2) is 29.4 Å².